The topological polar surface area (TPSA) is 129 Å². The summed E-state index contributed by atoms with van der Waals surface area (Å²) in [5.41, 5.74) is 9.98. The Morgan fingerprint density at radius 2 is 1.77 bits per heavy atom. The average Bonchev–Trinajstić information content (AvgIpc) is 3.47. The molecule has 2 saturated heterocycles. The van der Waals surface area contributed by atoms with Crippen LogP contribution in [0.25, 0.3) is 11.3 Å². The number of carbonyl (C=O) groups is 1. The van der Waals surface area contributed by atoms with E-state index in [4.69, 9.17) is 20.4 Å². The van der Waals surface area contributed by atoms with Gasteiger partial charge in [0.25, 0.3) is 0 Å². The van der Waals surface area contributed by atoms with Gasteiger partial charge in [-0.3, -0.25) is 4.90 Å². The van der Waals surface area contributed by atoms with Gasteiger partial charge in [-0.1, -0.05) is 6.92 Å². The number of nitrogens with zero attached hydrogens (tertiary/aromatic N) is 8. The van der Waals surface area contributed by atoms with Crippen molar-refractivity contribution in [2.24, 2.45) is 5.92 Å². The molecule has 0 radical (unpaired) electrons. The maximum Gasteiger partial charge on any atom is 0.327 e. The molecule has 3 aromatic rings. The van der Waals surface area contributed by atoms with Crippen LogP contribution in [-0.2, 0) is 11.2 Å². The van der Waals surface area contributed by atoms with Gasteiger partial charge in [-0.15, -0.1) is 0 Å². The first-order chi connectivity index (χ1) is 20.9. The van der Waals surface area contributed by atoms with Crippen molar-refractivity contribution in [3.63, 3.8) is 0 Å². The van der Waals surface area contributed by atoms with Gasteiger partial charge in [-0.05, 0) is 75.5 Å². The van der Waals surface area contributed by atoms with Crippen LogP contribution < -0.4 is 25.8 Å². The fourth-order valence-electron chi connectivity index (χ4n) is 5.98. The third kappa shape index (κ3) is 6.80. The number of amides is 2. The van der Waals surface area contributed by atoms with E-state index in [1.807, 2.05) is 12.1 Å². The highest BCUT2D eigenvalue weighted by atomic mass is 16.5. The van der Waals surface area contributed by atoms with Gasteiger partial charge in [0.1, 0.15) is 5.82 Å². The Morgan fingerprint density at radius 3 is 2.49 bits per heavy atom. The fraction of sp³-hybridized carbons (Fsp3) is 0.516. The highest BCUT2D eigenvalue weighted by Gasteiger charge is 2.32. The second-order valence-corrected chi connectivity index (χ2v) is 11.8. The van der Waals surface area contributed by atoms with E-state index < -0.39 is 0 Å². The highest BCUT2D eigenvalue weighted by molar-refractivity contribution is 6.03. The summed E-state index contributed by atoms with van der Waals surface area (Å²) in [5, 5.41) is 3.07. The molecule has 0 unspecified atom stereocenters. The van der Waals surface area contributed by atoms with Gasteiger partial charge >= 0.3 is 6.03 Å². The number of fused-ring (bicyclic) bond motifs is 1. The molecule has 0 bridgehead atoms. The molecule has 0 spiro atoms. The number of nitrogens with one attached hydrogen (secondary N) is 1. The minimum atomic E-state index is -0.221. The summed E-state index contributed by atoms with van der Waals surface area (Å²) in [6, 6.07) is 7.83. The van der Waals surface area contributed by atoms with Crippen molar-refractivity contribution < 1.29 is 9.53 Å². The first-order valence-electron chi connectivity index (χ1n) is 15.4. The number of nitrogens with two attached hydrogens (primary N) is 1. The number of carbonyl (C=O) groups excluding carboxylic acids is 1. The van der Waals surface area contributed by atoms with Crippen molar-refractivity contribution in [2.75, 3.05) is 91.8 Å². The first kappa shape index (κ1) is 29.1. The van der Waals surface area contributed by atoms with Gasteiger partial charge in [-0.25, -0.2) is 19.7 Å². The third-order valence-corrected chi connectivity index (χ3v) is 8.70. The van der Waals surface area contributed by atoms with Gasteiger partial charge in [0.05, 0.1) is 18.9 Å². The van der Waals surface area contributed by atoms with Crippen molar-refractivity contribution in [2.45, 2.75) is 32.6 Å². The van der Waals surface area contributed by atoms with E-state index in [0.29, 0.717) is 51.0 Å². The number of benzene rings is 1. The van der Waals surface area contributed by atoms with Gasteiger partial charge in [0.15, 0.2) is 0 Å². The van der Waals surface area contributed by atoms with E-state index in [2.05, 4.69) is 56.1 Å². The summed E-state index contributed by atoms with van der Waals surface area (Å²) in [7, 11) is 2.13. The molecule has 43 heavy (non-hydrogen) atoms. The molecule has 3 N–H and O–H groups in total. The summed E-state index contributed by atoms with van der Waals surface area (Å²) in [6.45, 7) is 10.0. The lowest BCUT2D eigenvalue weighted by Crippen LogP contribution is -2.38. The largest absolute Gasteiger partial charge is 0.378 e. The number of morpholine rings is 1. The zero-order valence-electron chi connectivity index (χ0n) is 25.2. The summed E-state index contributed by atoms with van der Waals surface area (Å²) in [4.78, 5) is 40.3. The number of likely N-dealkylation sites (tertiary alicyclic amines) is 1. The Morgan fingerprint density at radius 1 is 1.05 bits per heavy atom. The number of nitrogen functional groups attached to an aromatic ring is 1. The number of piperidine rings is 1. The molecule has 12 heteroatoms. The van der Waals surface area contributed by atoms with Crippen LogP contribution >= 0.6 is 0 Å². The molecule has 1 aromatic carbocycles. The molecule has 12 nitrogen and oxygen atoms in total. The Labute approximate surface area is 253 Å². The van der Waals surface area contributed by atoms with Gasteiger partial charge < -0.3 is 30.5 Å². The summed E-state index contributed by atoms with van der Waals surface area (Å²) in [6.07, 6.45) is 7.73. The molecule has 0 aliphatic carbocycles. The lowest BCUT2D eigenvalue weighted by Gasteiger charge is -2.30. The predicted octanol–water partition coefficient (Wildman–Crippen LogP) is 3.51. The monoisotopic (exact) mass is 586 g/mol. The number of hydrogen-bond donors (Lipinski definition) is 2. The molecular weight excluding hydrogens is 544 g/mol. The molecule has 2 fully saturated rings. The fourth-order valence-corrected chi connectivity index (χ4v) is 5.98. The molecule has 3 aliphatic rings. The smallest absolute Gasteiger partial charge is 0.327 e. The van der Waals surface area contributed by atoms with E-state index in [1.165, 1.54) is 25.9 Å². The molecule has 2 amide bonds. The summed E-state index contributed by atoms with van der Waals surface area (Å²) < 4.78 is 5.53. The number of anilines is 5. The van der Waals surface area contributed by atoms with Crippen LogP contribution in [0.5, 0.6) is 0 Å². The predicted molar refractivity (Wildman–Crippen MR) is 170 cm³/mol. The van der Waals surface area contributed by atoms with Gasteiger partial charge in [-0.2, -0.15) is 4.98 Å². The number of urea groups is 1. The van der Waals surface area contributed by atoms with Gasteiger partial charge in [0.2, 0.25) is 11.9 Å². The molecule has 6 rings (SSSR count). The maximum atomic E-state index is 13.6. The third-order valence-electron chi connectivity index (χ3n) is 8.70. The molecule has 5 heterocycles. The molecule has 3 aliphatic heterocycles. The Hall–Kier alpha value is -4.03. The number of ether oxygens (including phenoxy) is 1. The van der Waals surface area contributed by atoms with Crippen LogP contribution in [0, 0.1) is 5.92 Å². The van der Waals surface area contributed by atoms with E-state index in [-0.39, 0.29) is 12.0 Å². The standard InChI is InChI=1S/C31H42N10O2/c1-22-8-13-39(14-9-22)12-3-11-38(2)25-6-4-24(5-7-25)35-31(42)41-15-10-26-27(23-20-33-29(32)34-21-23)36-30(37-28(26)41)40-16-18-43-19-17-40/h4-7,20-22H,3,8-19H2,1-2H3,(H,35,42)(H2,32,33,34). The lowest BCUT2D eigenvalue weighted by molar-refractivity contribution is 0.122. The second-order valence-electron chi connectivity index (χ2n) is 11.8. The summed E-state index contributed by atoms with van der Waals surface area (Å²) in [5.74, 6) is 2.24. The van der Waals surface area contributed by atoms with E-state index >= 15 is 0 Å². The second kappa shape index (κ2) is 13.1. The first-order valence-corrected chi connectivity index (χ1v) is 15.4. The van der Waals surface area contributed by atoms with Crippen molar-refractivity contribution in [3.05, 3.63) is 42.2 Å². The quantitative estimate of drug-likeness (QED) is 0.405. The zero-order chi connectivity index (χ0) is 29.8. The maximum absolute atomic E-state index is 13.6. The minimum absolute atomic E-state index is 0.202. The van der Waals surface area contributed by atoms with E-state index in [9.17, 15) is 4.79 Å². The Kier molecular flexibility index (Phi) is 8.85. The van der Waals surface area contributed by atoms with E-state index in [0.717, 1.165) is 53.6 Å². The van der Waals surface area contributed by atoms with Crippen molar-refractivity contribution in [3.8, 4) is 11.3 Å². The van der Waals surface area contributed by atoms with Crippen LogP contribution in [-0.4, -0.2) is 96.9 Å². The van der Waals surface area contributed by atoms with Crippen molar-refractivity contribution in [1.82, 2.24) is 24.8 Å². The normalized spacial score (nSPS) is 17.6. The van der Waals surface area contributed by atoms with Crippen LogP contribution in [0.3, 0.4) is 0 Å². The number of hydrogen-bond acceptors (Lipinski definition) is 10. The Balaban J connectivity index is 1.13. The van der Waals surface area contributed by atoms with Crippen LogP contribution in [0.15, 0.2) is 36.7 Å². The molecule has 0 atom stereocenters. The molecule has 2 aromatic heterocycles. The van der Waals surface area contributed by atoms with E-state index in [1.54, 1.807) is 17.3 Å². The SMILES string of the molecule is CC1CCN(CCCN(C)c2ccc(NC(=O)N3CCc4c(-c5cnc(N)nc5)nc(N5CCOCC5)nc43)cc2)CC1. The molecule has 228 valence electrons. The number of rotatable bonds is 8. The molecule has 0 saturated carbocycles. The van der Waals surface area contributed by atoms with Crippen LogP contribution in [0.4, 0.5) is 33.9 Å². The van der Waals surface area contributed by atoms with Crippen molar-refractivity contribution >= 4 is 35.1 Å². The van der Waals surface area contributed by atoms with Crippen LogP contribution in [0.2, 0.25) is 0 Å². The zero-order valence-corrected chi connectivity index (χ0v) is 25.2. The molecular formula is C31H42N10O2. The van der Waals surface area contributed by atoms with Crippen LogP contribution in [0.1, 0.15) is 31.7 Å². The Bertz CT molecular complexity index is 1390. The lowest BCUT2D eigenvalue weighted by atomic mass is 9.99. The van der Waals surface area contributed by atoms with Gasteiger partial charge in [0, 0.05) is 68.1 Å². The average molecular weight is 587 g/mol. The highest BCUT2D eigenvalue weighted by Crippen LogP contribution is 2.36. The summed E-state index contributed by atoms with van der Waals surface area (Å²) >= 11 is 0. The number of aromatic nitrogens is 4. The minimum Gasteiger partial charge on any atom is -0.378 e. The van der Waals surface area contributed by atoms with Crippen molar-refractivity contribution in [1.29, 1.82) is 0 Å².